The summed E-state index contributed by atoms with van der Waals surface area (Å²) in [6.45, 7) is 4.13. The topological polar surface area (TPSA) is 42.8 Å². The van der Waals surface area contributed by atoms with Crippen LogP contribution in [0.25, 0.3) is 0 Å². The number of amides is 1. The molecule has 98 valence electrons. The van der Waals surface area contributed by atoms with Crippen LogP contribution in [0.5, 0.6) is 0 Å². The molecule has 1 fully saturated rings. The van der Waals surface area contributed by atoms with Crippen LogP contribution < -0.4 is 10.2 Å². The van der Waals surface area contributed by atoms with E-state index in [-0.39, 0.29) is 11.7 Å². The van der Waals surface area contributed by atoms with Gasteiger partial charge in [0.1, 0.15) is 18.9 Å². The van der Waals surface area contributed by atoms with Crippen molar-refractivity contribution < 1.29 is 18.8 Å². The Labute approximate surface area is 106 Å². The zero-order chi connectivity index (χ0) is 12.8. The van der Waals surface area contributed by atoms with Crippen LogP contribution in [0.15, 0.2) is 24.3 Å². The minimum Gasteiger partial charge on any atom is -0.370 e. The average molecular weight is 253 g/mol. The average Bonchev–Trinajstić information content (AvgIpc) is 2.39. The molecule has 0 radical (unpaired) electrons. The molecular weight excluding hydrogens is 235 g/mol. The first kappa shape index (κ1) is 13.0. The van der Waals surface area contributed by atoms with Crippen LogP contribution in [-0.4, -0.2) is 38.8 Å². The molecule has 0 saturated carbocycles. The normalized spacial score (nSPS) is 16.5. The Morgan fingerprint density at radius 2 is 1.94 bits per heavy atom. The lowest BCUT2D eigenvalue weighted by molar-refractivity contribution is -0.900. The van der Waals surface area contributed by atoms with E-state index in [4.69, 9.17) is 4.74 Å². The van der Waals surface area contributed by atoms with E-state index in [9.17, 15) is 9.18 Å². The van der Waals surface area contributed by atoms with Crippen molar-refractivity contribution in [2.24, 2.45) is 0 Å². The van der Waals surface area contributed by atoms with Crippen molar-refractivity contribution >= 4 is 5.91 Å². The minimum atomic E-state index is -0.261. The molecule has 1 aliphatic rings. The molecule has 2 rings (SSSR count). The maximum atomic E-state index is 12.7. The standard InChI is InChI=1S/C13H17FN2O2/c14-12-3-1-11(2-4-12)9-15-13(17)10-16-5-7-18-8-6-16/h1-4H,5-10H2,(H,15,17)/p+1. The SMILES string of the molecule is O=C(C[NH+]1CCOCC1)NCc1ccc(F)cc1. The maximum absolute atomic E-state index is 12.7. The molecule has 4 nitrogen and oxygen atoms in total. The third-order valence-electron chi connectivity index (χ3n) is 3.01. The number of hydrogen-bond acceptors (Lipinski definition) is 2. The fourth-order valence-electron chi connectivity index (χ4n) is 1.93. The molecule has 1 heterocycles. The molecule has 1 aliphatic heterocycles. The molecular formula is C13H18FN2O2+. The Balaban J connectivity index is 1.72. The lowest BCUT2D eigenvalue weighted by Crippen LogP contribution is -3.15. The zero-order valence-electron chi connectivity index (χ0n) is 10.2. The van der Waals surface area contributed by atoms with Crippen molar-refractivity contribution in [2.45, 2.75) is 6.54 Å². The Morgan fingerprint density at radius 3 is 2.61 bits per heavy atom. The van der Waals surface area contributed by atoms with Crippen LogP contribution in [0, 0.1) is 5.82 Å². The summed E-state index contributed by atoms with van der Waals surface area (Å²) >= 11 is 0. The van der Waals surface area contributed by atoms with Gasteiger partial charge < -0.3 is 15.0 Å². The second kappa shape index (κ2) is 6.47. The molecule has 0 spiro atoms. The predicted molar refractivity (Wildman–Crippen MR) is 64.6 cm³/mol. The van der Waals surface area contributed by atoms with E-state index in [1.165, 1.54) is 17.0 Å². The quantitative estimate of drug-likeness (QED) is 0.749. The third-order valence-corrected chi connectivity index (χ3v) is 3.01. The second-order valence-electron chi connectivity index (χ2n) is 4.44. The number of ether oxygens (including phenoxy) is 1. The maximum Gasteiger partial charge on any atom is 0.275 e. The highest BCUT2D eigenvalue weighted by molar-refractivity contribution is 5.76. The van der Waals surface area contributed by atoms with Gasteiger partial charge in [0, 0.05) is 6.54 Å². The summed E-state index contributed by atoms with van der Waals surface area (Å²) in [4.78, 5) is 13.0. The van der Waals surface area contributed by atoms with Crippen LogP contribution in [0.2, 0.25) is 0 Å². The Kier molecular flexibility index (Phi) is 4.66. The van der Waals surface area contributed by atoms with Gasteiger partial charge in [0.05, 0.1) is 13.2 Å². The summed E-state index contributed by atoms with van der Waals surface area (Å²) in [5, 5.41) is 2.84. The molecule has 1 saturated heterocycles. The molecule has 0 atom stereocenters. The van der Waals surface area contributed by atoms with E-state index < -0.39 is 0 Å². The van der Waals surface area contributed by atoms with Crippen molar-refractivity contribution in [2.75, 3.05) is 32.8 Å². The molecule has 0 unspecified atom stereocenters. The highest BCUT2D eigenvalue weighted by Crippen LogP contribution is 2.01. The van der Waals surface area contributed by atoms with E-state index in [0.29, 0.717) is 13.1 Å². The molecule has 0 aliphatic carbocycles. The van der Waals surface area contributed by atoms with E-state index in [1.807, 2.05) is 0 Å². The van der Waals surface area contributed by atoms with Gasteiger partial charge in [0.15, 0.2) is 6.54 Å². The van der Waals surface area contributed by atoms with Gasteiger partial charge in [-0.2, -0.15) is 0 Å². The zero-order valence-corrected chi connectivity index (χ0v) is 10.2. The van der Waals surface area contributed by atoms with Crippen LogP contribution >= 0.6 is 0 Å². The van der Waals surface area contributed by atoms with E-state index >= 15 is 0 Å². The minimum absolute atomic E-state index is 0.0243. The van der Waals surface area contributed by atoms with Gasteiger partial charge in [-0.1, -0.05) is 12.1 Å². The lowest BCUT2D eigenvalue weighted by Gasteiger charge is -2.23. The van der Waals surface area contributed by atoms with Crippen LogP contribution in [0.1, 0.15) is 5.56 Å². The predicted octanol–water partition coefficient (Wildman–Crippen LogP) is -0.643. The molecule has 1 amide bonds. The monoisotopic (exact) mass is 253 g/mol. The molecule has 18 heavy (non-hydrogen) atoms. The summed E-state index contributed by atoms with van der Waals surface area (Å²) in [6, 6.07) is 6.15. The van der Waals surface area contributed by atoms with Gasteiger partial charge in [-0.15, -0.1) is 0 Å². The first-order chi connectivity index (χ1) is 8.74. The van der Waals surface area contributed by atoms with Gasteiger partial charge in [-0.3, -0.25) is 4.79 Å². The number of quaternary nitrogens is 1. The third kappa shape index (κ3) is 4.09. The molecule has 5 heteroatoms. The summed E-state index contributed by atoms with van der Waals surface area (Å²) in [6.07, 6.45) is 0. The van der Waals surface area contributed by atoms with E-state index in [0.717, 1.165) is 31.9 Å². The van der Waals surface area contributed by atoms with Crippen molar-refractivity contribution in [1.29, 1.82) is 0 Å². The number of carbonyl (C=O) groups excluding carboxylic acids is 1. The number of nitrogens with one attached hydrogen (secondary N) is 2. The number of rotatable bonds is 4. The van der Waals surface area contributed by atoms with Crippen molar-refractivity contribution in [3.8, 4) is 0 Å². The summed E-state index contributed by atoms with van der Waals surface area (Å²) in [5.41, 5.74) is 0.904. The molecule has 1 aromatic rings. The molecule has 1 aromatic carbocycles. The number of halogens is 1. The Hall–Kier alpha value is -1.46. The largest absolute Gasteiger partial charge is 0.370 e. The first-order valence-corrected chi connectivity index (χ1v) is 6.16. The number of benzene rings is 1. The van der Waals surface area contributed by atoms with Crippen molar-refractivity contribution in [3.63, 3.8) is 0 Å². The van der Waals surface area contributed by atoms with Gasteiger partial charge >= 0.3 is 0 Å². The smallest absolute Gasteiger partial charge is 0.275 e. The number of hydrogen-bond donors (Lipinski definition) is 2. The molecule has 0 aromatic heterocycles. The Bertz CT molecular complexity index is 388. The second-order valence-corrected chi connectivity index (χ2v) is 4.44. The number of morpholine rings is 1. The molecule has 2 N–H and O–H groups in total. The van der Waals surface area contributed by atoms with E-state index in [1.54, 1.807) is 12.1 Å². The van der Waals surface area contributed by atoms with Crippen LogP contribution in [-0.2, 0) is 16.1 Å². The van der Waals surface area contributed by atoms with Crippen molar-refractivity contribution in [1.82, 2.24) is 5.32 Å². The van der Waals surface area contributed by atoms with Crippen LogP contribution in [0.4, 0.5) is 4.39 Å². The van der Waals surface area contributed by atoms with Crippen molar-refractivity contribution in [3.05, 3.63) is 35.6 Å². The first-order valence-electron chi connectivity index (χ1n) is 6.16. The summed E-state index contributed by atoms with van der Waals surface area (Å²) in [7, 11) is 0. The molecule has 0 bridgehead atoms. The van der Waals surface area contributed by atoms with E-state index in [2.05, 4.69) is 5.32 Å². The van der Waals surface area contributed by atoms with Gasteiger partial charge in [-0.25, -0.2) is 4.39 Å². The van der Waals surface area contributed by atoms with Gasteiger partial charge in [-0.05, 0) is 17.7 Å². The Morgan fingerprint density at radius 1 is 1.28 bits per heavy atom. The van der Waals surface area contributed by atoms with Crippen LogP contribution in [0.3, 0.4) is 0 Å². The number of carbonyl (C=O) groups is 1. The fourth-order valence-corrected chi connectivity index (χ4v) is 1.93. The van der Waals surface area contributed by atoms with Gasteiger partial charge in [0.25, 0.3) is 5.91 Å². The fraction of sp³-hybridized carbons (Fsp3) is 0.462. The highest BCUT2D eigenvalue weighted by Gasteiger charge is 2.17. The summed E-state index contributed by atoms with van der Waals surface area (Å²) < 4.78 is 17.9. The highest BCUT2D eigenvalue weighted by atomic mass is 19.1. The summed E-state index contributed by atoms with van der Waals surface area (Å²) in [5.74, 6) is -0.237. The lowest BCUT2D eigenvalue weighted by atomic mass is 10.2. The van der Waals surface area contributed by atoms with Gasteiger partial charge in [0.2, 0.25) is 0 Å².